The Morgan fingerprint density at radius 1 is 0.815 bits per heavy atom. The van der Waals surface area contributed by atoms with E-state index in [2.05, 4.69) is 12.1 Å². The Kier molecular flexibility index (Phi) is 11.3. The average molecular weight is 379 g/mol. The smallest absolute Gasteiger partial charge is 0.157 e. The van der Waals surface area contributed by atoms with Gasteiger partial charge >= 0.3 is 0 Å². The van der Waals surface area contributed by atoms with Crippen LogP contribution >= 0.6 is 0 Å². The molecule has 27 heavy (non-hydrogen) atoms. The minimum Gasteiger partial charge on any atom is -0.497 e. The molecule has 0 aliphatic carbocycles. The Labute approximate surface area is 165 Å². The molecule has 4 heteroatoms. The number of hydrogen-bond acceptors (Lipinski definition) is 4. The monoisotopic (exact) mass is 378 g/mol. The Balaban J connectivity index is 1.41. The van der Waals surface area contributed by atoms with Gasteiger partial charge in [0.1, 0.15) is 11.5 Å². The number of unbranched alkanes of at least 4 members (excludes halogenated alkanes) is 7. The maximum atomic E-state index is 5.78. The highest BCUT2D eigenvalue weighted by atomic mass is 16.7. The SMILES string of the molecule is COc1cc(CCCCCCCCCCOC2CCCCO2)cc(OC)c1. The minimum absolute atomic E-state index is 0.0725. The van der Waals surface area contributed by atoms with E-state index in [9.17, 15) is 0 Å². The van der Waals surface area contributed by atoms with Crippen LogP contribution in [0, 0.1) is 0 Å². The standard InChI is InChI=1S/C23H38O4/c1-24-21-17-20(18-22(19-21)25-2)13-9-7-5-3-4-6-8-11-15-26-23-14-10-12-16-27-23/h17-19,23H,3-16H2,1-2H3. The zero-order valence-corrected chi connectivity index (χ0v) is 17.3. The van der Waals surface area contributed by atoms with Gasteiger partial charge in [-0.25, -0.2) is 0 Å². The van der Waals surface area contributed by atoms with Crippen LogP contribution in [0.5, 0.6) is 11.5 Å². The summed E-state index contributed by atoms with van der Waals surface area (Å²) in [5, 5.41) is 0. The number of ether oxygens (including phenoxy) is 4. The van der Waals surface area contributed by atoms with Crippen LogP contribution in [0.15, 0.2) is 18.2 Å². The first-order chi connectivity index (χ1) is 13.3. The summed E-state index contributed by atoms with van der Waals surface area (Å²) in [4.78, 5) is 0. The topological polar surface area (TPSA) is 36.9 Å². The van der Waals surface area contributed by atoms with Gasteiger partial charge in [-0.15, -0.1) is 0 Å². The van der Waals surface area contributed by atoms with E-state index < -0.39 is 0 Å². The van der Waals surface area contributed by atoms with Crippen molar-refractivity contribution in [2.45, 2.75) is 83.3 Å². The zero-order valence-electron chi connectivity index (χ0n) is 17.3. The summed E-state index contributed by atoms with van der Waals surface area (Å²) < 4.78 is 22.0. The lowest BCUT2D eigenvalue weighted by Crippen LogP contribution is -2.22. The molecule has 1 aliphatic rings. The van der Waals surface area contributed by atoms with Gasteiger partial charge in [0.2, 0.25) is 0 Å². The van der Waals surface area contributed by atoms with E-state index in [1.807, 2.05) is 6.07 Å². The summed E-state index contributed by atoms with van der Waals surface area (Å²) in [5.41, 5.74) is 1.30. The molecule has 1 fully saturated rings. The fourth-order valence-electron chi connectivity index (χ4n) is 3.56. The quantitative estimate of drug-likeness (QED) is 0.377. The Morgan fingerprint density at radius 2 is 1.44 bits per heavy atom. The summed E-state index contributed by atoms with van der Waals surface area (Å²) in [7, 11) is 3.41. The molecular formula is C23H38O4. The Hall–Kier alpha value is -1.26. The third-order valence-corrected chi connectivity index (χ3v) is 5.21. The molecule has 1 unspecified atom stereocenters. The first kappa shape index (κ1) is 22.0. The molecule has 1 saturated heterocycles. The number of methoxy groups -OCH3 is 2. The predicted octanol–water partition coefficient (Wildman–Crippen LogP) is 5.91. The van der Waals surface area contributed by atoms with Crippen LogP contribution in [0.4, 0.5) is 0 Å². The first-order valence-electron chi connectivity index (χ1n) is 10.8. The molecule has 0 bridgehead atoms. The van der Waals surface area contributed by atoms with Crippen LogP contribution in [-0.4, -0.2) is 33.7 Å². The van der Waals surface area contributed by atoms with Gasteiger partial charge in [0.25, 0.3) is 0 Å². The third kappa shape index (κ3) is 9.48. The average Bonchev–Trinajstić information content (AvgIpc) is 2.72. The predicted molar refractivity (Wildman–Crippen MR) is 110 cm³/mol. The molecule has 1 aromatic carbocycles. The lowest BCUT2D eigenvalue weighted by molar-refractivity contribution is -0.162. The van der Waals surface area contributed by atoms with Gasteiger partial charge in [-0.2, -0.15) is 0 Å². The van der Waals surface area contributed by atoms with Crippen molar-refractivity contribution in [2.75, 3.05) is 27.4 Å². The Morgan fingerprint density at radius 3 is 2.04 bits per heavy atom. The molecule has 0 saturated carbocycles. The molecule has 1 heterocycles. The van der Waals surface area contributed by atoms with E-state index in [1.54, 1.807) is 14.2 Å². The maximum absolute atomic E-state index is 5.78. The van der Waals surface area contributed by atoms with Crippen molar-refractivity contribution in [3.05, 3.63) is 23.8 Å². The van der Waals surface area contributed by atoms with Crippen molar-refractivity contribution < 1.29 is 18.9 Å². The lowest BCUT2D eigenvalue weighted by Gasteiger charge is -2.22. The fourth-order valence-corrected chi connectivity index (χ4v) is 3.56. The second-order valence-electron chi connectivity index (χ2n) is 7.47. The van der Waals surface area contributed by atoms with E-state index >= 15 is 0 Å². The highest BCUT2D eigenvalue weighted by Gasteiger charge is 2.13. The van der Waals surface area contributed by atoms with Gasteiger partial charge in [-0.3, -0.25) is 0 Å². The van der Waals surface area contributed by atoms with Gasteiger partial charge in [0.05, 0.1) is 14.2 Å². The largest absolute Gasteiger partial charge is 0.497 e. The van der Waals surface area contributed by atoms with Crippen LogP contribution in [0.25, 0.3) is 0 Å². The number of hydrogen-bond donors (Lipinski definition) is 0. The highest BCUT2D eigenvalue weighted by molar-refractivity contribution is 5.38. The molecule has 0 spiro atoms. The molecule has 0 N–H and O–H groups in total. The van der Waals surface area contributed by atoms with Crippen molar-refractivity contribution in [3.8, 4) is 11.5 Å². The third-order valence-electron chi connectivity index (χ3n) is 5.21. The van der Waals surface area contributed by atoms with Crippen molar-refractivity contribution in [3.63, 3.8) is 0 Å². The second kappa shape index (κ2) is 13.8. The van der Waals surface area contributed by atoms with E-state index in [-0.39, 0.29) is 6.29 Å². The van der Waals surface area contributed by atoms with Crippen LogP contribution < -0.4 is 9.47 Å². The summed E-state index contributed by atoms with van der Waals surface area (Å²) in [6.45, 7) is 1.73. The van der Waals surface area contributed by atoms with Crippen molar-refractivity contribution >= 4 is 0 Å². The molecule has 154 valence electrons. The minimum atomic E-state index is 0.0725. The summed E-state index contributed by atoms with van der Waals surface area (Å²) >= 11 is 0. The van der Waals surface area contributed by atoms with Crippen molar-refractivity contribution in [1.82, 2.24) is 0 Å². The van der Waals surface area contributed by atoms with Crippen molar-refractivity contribution in [2.24, 2.45) is 0 Å². The normalized spacial score (nSPS) is 17.0. The van der Waals surface area contributed by atoms with E-state index in [4.69, 9.17) is 18.9 Å². The molecule has 1 aliphatic heterocycles. The van der Waals surface area contributed by atoms with Gasteiger partial charge in [0.15, 0.2) is 6.29 Å². The zero-order chi connectivity index (χ0) is 19.2. The van der Waals surface area contributed by atoms with Crippen LogP contribution in [-0.2, 0) is 15.9 Å². The van der Waals surface area contributed by atoms with E-state index in [0.29, 0.717) is 0 Å². The van der Waals surface area contributed by atoms with Gasteiger partial charge in [-0.05, 0) is 56.2 Å². The molecular weight excluding hydrogens is 340 g/mol. The van der Waals surface area contributed by atoms with Crippen LogP contribution in [0.3, 0.4) is 0 Å². The van der Waals surface area contributed by atoms with Crippen LogP contribution in [0.2, 0.25) is 0 Å². The molecule has 0 aromatic heterocycles. The van der Waals surface area contributed by atoms with E-state index in [0.717, 1.165) is 44.0 Å². The van der Waals surface area contributed by atoms with Gasteiger partial charge in [0, 0.05) is 19.3 Å². The molecule has 0 radical (unpaired) electrons. The molecule has 4 nitrogen and oxygen atoms in total. The van der Waals surface area contributed by atoms with Crippen molar-refractivity contribution in [1.29, 1.82) is 0 Å². The molecule has 0 amide bonds. The Bertz CT molecular complexity index is 475. The number of benzene rings is 1. The molecule has 1 aromatic rings. The fraction of sp³-hybridized carbons (Fsp3) is 0.739. The maximum Gasteiger partial charge on any atom is 0.157 e. The van der Waals surface area contributed by atoms with Gasteiger partial charge in [-0.1, -0.05) is 38.5 Å². The second-order valence-corrected chi connectivity index (χ2v) is 7.47. The van der Waals surface area contributed by atoms with E-state index in [1.165, 1.54) is 63.4 Å². The lowest BCUT2D eigenvalue weighted by atomic mass is 10.0. The molecule has 2 rings (SSSR count). The van der Waals surface area contributed by atoms with Crippen LogP contribution in [0.1, 0.15) is 76.2 Å². The summed E-state index contributed by atoms with van der Waals surface area (Å²) in [5.74, 6) is 1.76. The molecule has 1 atom stereocenters. The summed E-state index contributed by atoms with van der Waals surface area (Å²) in [6.07, 6.45) is 15.0. The van der Waals surface area contributed by atoms with Gasteiger partial charge < -0.3 is 18.9 Å². The highest BCUT2D eigenvalue weighted by Crippen LogP contribution is 2.24. The number of aryl methyl sites for hydroxylation is 1. The summed E-state index contributed by atoms with van der Waals surface area (Å²) in [6, 6.07) is 6.16. The number of rotatable bonds is 14. The first-order valence-corrected chi connectivity index (χ1v) is 10.8.